The molecule has 0 aliphatic heterocycles. The van der Waals surface area contributed by atoms with Crippen molar-refractivity contribution in [3.8, 4) is 0 Å². The summed E-state index contributed by atoms with van der Waals surface area (Å²) in [6.07, 6.45) is 0. The van der Waals surface area contributed by atoms with Crippen LogP contribution in [0.15, 0.2) is 18.2 Å². The van der Waals surface area contributed by atoms with Gasteiger partial charge in [0.25, 0.3) is 5.91 Å². The zero-order chi connectivity index (χ0) is 15.1. The molecule has 0 fully saturated rings. The number of benzene rings is 1. The van der Waals surface area contributed by atoms with Gasteiger partial charge >= 0.3 is 12.0 Å². The third-order valence-electron chi connectivity index (χ3n) is 2.01. The normalized spacial score (nSPS) is 9.90. The Hall–Kier alpha value is -2.48. The molecule has 0 aromatic heterocycles. The number of ether oxygens (including phenoxy) is 1. The van der Waals surface area contributed by atoms with E-state index in [1.54, 1.807) is 6.92 Å². The van der Waals surface area contributed by atoms with Gasteiger partial charge in [-0.05, 0) is 30.7 Å². The largest absolute Gasteiger partial charge is 0.480 e. The number of halogens is 1. The van der Waals surface area contributed by atoms with Gasteiger partial charge in [0.15, 0.2) is 0 Å². The summed E-state index contributed by atoms with van der Waals surface area (Å²) in [5.41, 5.74) is 0.802. The Morgan fingerprint density at radius 2 is 1.95 bits per heavy atom. The van der Waals surface area contributed by atoms with Gasteiger partial charge in [-0.2, -0.15) is 0 Å². The number of carboxylic acids is 1. The highest BCUT2D eigenvalue weighted by atomic mass is 19.1. The molecule has 0 aliphatic carbocycles. The molecule has 8 heteroatoms. The van der Waals surface area contributed by atoms with Crippen molar-refractivity contribution >= 4 is 23.6 Å². The molecule has 1 aromatic rings. The smallest absolute Gasteiger partial charge is 0.329 e. The predicted molar refractivity (Wildman–Crippen MR) is 66.8 cm³/mol. The van der Waals surface area contributed by atoms with E-state index in [1.165, 1.54) is 12.1 Å². The van der Waals surface area contributed by atoms with Gasteiger partial charge in [-0.15, -0.1) is 0 Å². The monoisotopic (exact) mass is 284 g/mol. The van der Waals surface area contributed by atoms with Gasteiger partial charge < -0.3 is 15.2 Å². The average molecular weight is 284 g/mol. The van der Waals surface area contributed by atoms with Gasteiger partial charge in [-0.25, -0.2) is 14.0 Å². The number of amides is 3. The van der Waals surface area contributed by atoms with E-state index < -0.39 is 36.9 Å². The number of nitrogens with one attached hydrogen (secondary N) is 2. The Kier molecular flexibility index (Phi) is 5.60. The van der Waals surface area contributed by atoms with Crippen LogP contribution in [0, 0.1) is 12.7 Å². The summed E-state index contributed by atoms with van der Waals surface area (Å²) in [6, 6.07) is 3.04. The fourth-order valence-corrected chi connectivity index (χ4v) is 1.36. The number of carbonyl (C=O) groups is 3. The standard InChI is InChI=1S/C12H13FN2O5/c1-7-2-8(13)4-9(3-7)14-12(19)15-10(16)5-20-6-11(17)18/h2-4H,5-6H2,1H3,(H,17,18)(H2,14,15,16,19). The fraction of sp³-hybridized carbons (Fsp3) is 0.250. The molecule has 0 heterocycles. The molecule has 0 bridgehead atoms. The first-order valence-corrected chi connectivity index (χ1v) is 5.54. The van der Waals surface area contributed by atoms with E-state index in [2.05, 4.69) is 10.1 Å². The predicted octanol–water partition coefficient (Wildman–Crippen LogP) is 0.883. The van der Waals surface area contributed by atoms with Crippen LogP contribution in [0.4, 0.5) is 14.9 Å². The summed E-state index contributed by atoms with van der Waals surface area (Å²) >= 11 is 0. The van der Waals surface area contributed by atoms with Crippen molar-refractivity contribution in [1.29, 1.82) is 0 Å². The van der Waals surface area contributed by atoms with Gasteiger partial charge in [0.1, 0.15) is 19.0 Å². The van der Waals surface area contributed by atoms with E-state index in [4.69, 9.17) is 5.11 Å². The molecule has 0 spiro atoms. The van der Waals surface area contributed by atoms with Gasteiger partial charge in [0, 0.05) is 5.69 Å². The molecule has 0 unspecified atom stereocenters. The molecule has 0 saturated carbocycles. The third kappa shape index (κ3) is 5.91. The van der Waals surface area contributed by atoms with Crippen LogP contribution in [0.1, 0.15) is 5.56 Å². The average Bonchev–Trinajstić information content (AvgIpc) is 2.25. The molecule has 20 heavy (non-hydrogen) atoms. The van der Waals surface area contributed by atoms with Crippen molar-refractivity contribution in [1.82, 2.24) is 5.32 Å². The lowest BCUT2D eigenvalue weighted by Gasteiger charge is -2.07. The van der Waals surface area contributed by atoms with Crippen molar-refractivity contribution in [2.24, 2.45) is 0 Å². The number of hydrogen-bond donors (Lipinski definition) is 3. The minimum atomic E-state index is -1.22. The van der Waals surface area contributed by atoms with Gasteiger partial charge in [-0.3, -0.25) is 10.1 Å². The molecule has 3 amide bonds. The number of imide groups is 1. The molecule has 0 atom stereocenters. The Morgan fingerprint density at radius 1 is 1.25 bits per heavy atom. The summed E-state index contributed by atoms with van der Waals surface area (Å²) in [7, 11) is 0. The second kappa shape index (κ2) is 7.19. The number of rotatable bonds is 5. The Morgan fingerprint density at radius 3 is 2.55 bits per heavy atom. The van der Waals surface area contributed by atoms with Crippen molar-refractivity contribution in [3.63, 3.8) is 0 Å². The van der Waals surface area contributed by atoms with Crippen LogP contribution in [0.3, 0.4) is 0 Å². The Labute approximate surface area is 113 Å². The summed E-state index contributed by atoms with van der Waals surface area (Å²) < 4.78 is 17.6. The van der Waals surface area contributed by atoms with Crippen molar-refractivity contribution in [2.45, 2.75) is 6.92 Å². The van der Waals surface area contributed by atoms with E-state index in [0.29, 0.717) is 5.56 Å². The zero-order valence-corrected chi connectivity index (χ0v) is 10.6. The maximum Gasteiger partial charge on any atom is 0.329 e. The third-order valence-corrected chi connectivity index (χ3v) is 2.01. The number of carboxylic acid groups (broad SMARTS) is 1. The number of aliphatic carboxylic acids is 1. The number of aryl methyl sites for hydroxylation is 1. The first-order chi connectivity index (χ1) is 9.36. The second-order valence-electron chi connectivity index (χ2n) is 3.91. The molecule has 0 radical (unpaired) electrons. The zero-order valence-electron chi connectivity index (χ0n) is 10.6. The summed E-state index contributed by atoms with van der Waals surface area (Å²) in [5.74, 6) is -2.55. The first kappa shape index (κ1) is 15.6. The maximum absolute atomic E-state index is 13.1. The lowest BCUT2D eigenvalue weighted by molar-refractivity contribution is -0.143. The van der Waals surface area contributed by atoms with Gasteiger partial charge in [0.05, 0.1) is 0 Å². The minimum Gasteiger partial charge on any atom is -0.480 e. The van der Waals surface area contributed by atoms with Crippen molar-refractivity contribution < 1.29 is 28.6 Å². The molecule has 1 rings (SSSR count). The van der Waals surface area contributed by atoms with Gasteiger partial charge in [-0.1, -0.05) is 0 Å². The van der Waals surface area contributed by atoms with Crippen LogP contribution in [-0.2, 0) is 14.3 Å². The molecular formula is C12H13FN2O5. The summed E-state index contributed by atoms with van der Waals surface area (Å²) in [5, 5.41) is 12.5. The van der Waals surface area contributed by atoms with Crippen molar-refractivity contribution in [2.75, 3.05) is 18.5 Å². The highest BCUT2D eigenvalue weighted by Gasteiger charge is 2.09. The molecular weight excluding hydrogens is 271 g/mol. The fourth-order valence-electron chi connectivity index (χ4n) is 1.36. The SMILES string of the molecule is Cc1cc(F)cc(NC(=O)NC(=O)COCC(=O)O)c1. The van der Waals surface area contributed by atoms with E-state index in [9.17, 15) is 18.8 Å². The van der Waals surface area contributed by atoms with Crippen LogP contribution in [-0.4, -0.2) is 36.2 Å². The van der Waals surface area contributed by atoms with Crippen LogP contribution in [0.25, 0.3) is 0 Å². The van der Waals surface area contributed by atoms with E-state index in [-0.39, 0.29) is 5.69 Å². The molecule has 7 nitrogen and oxygen atoms in total. The van der Waals surface area contributed by atoms with E-state index >= 15 is 0 Å². The van der Waals surface area contributed by atoms with Crippen molar-refractivity contribution in [3.05, 3.63) is 29.6 Å². The molecule has 1 aromatic carbocycles. The molecule has 0 saturated heterocycles. The Bertz CT molecular complexity index is 512. The molecule has 0 aliphatic rings. The lowest BCUT2D eigenvalue weighted by Crippen LogP contribution is -2.37. The van der Waals surface area contributed by atoms with Crippen LogP contribution in [0.5, 0.6) is 0 Å². The number of urea groups is 1. The highest BCUT2D eigenvalue weighted by Crippen LogP contribution is 2.12. The molecule has 3 N–H and O–H groups in total. The first-order valence-electron chi connectivity index (χ1n) is 5.54. The van der Waals surface area contributed by atoms with E-state index in [1.807, 2.05) is 5.32 Å². The van der Waals surface area contributed by atoms with E-state index in [0.717, 1.165) is 6.07 Å². The van der Waals surface area contributed by atoms with Gasteiger partial charge in [0.2, 0.25) is 0 Å². The number of carbonyl (C=O) groups excluding carboxylic acids is 2. The number of hydrogen-bond acceptors (Lipinski definition) is 4. The summed E-state index contributed by atoms with van der Waals surface area (Å²) in [4.78, 5) is 32.7. The molecule has 108 valence electrons. The maximum atomic E-state index is 13.1. The lowest BCUT2D eigenvalue weighted by atomic mass is 10.2. The highest BCUT2D eigenvalue weighted by molar-refractivity contribution is 6.01. The minimum absolute atomic E-state index is 0.194. The van der Waals surface area contributed by atoms with Crippen LogP contribution in [0.2, 0.25) is 0 Å². The van der Waals surface area contributed by atoms with Crippen LogP contribution < -0.4 is 10.6 Å². The quantitative estimate of drug-likeness (QED) is 0.744. The topological polar surface area (TPSA) is 105 Å². The second-order valence-corrected chi connectivity index (χ2v) is 3.91. The number of anilines is 1. The van der Waals surface area contributed by atoms with Crippen LogP contribution >= 0.6 is 0 Å². The Balaban J connectivity index is 2.43. The summed E-state index contributed by atoms with van der Waals surface area (Å²) in [6.45, 7) is 0.442.